The second kappa shape index (κ2) is 19.5. The summed E-state index contributed by atoms with van der Waals surface area (Å²) in [5.41, 5.74) is 11.3. The third kappa shape index (κ3) is 11.4. The summed E-state index contributed by atoms with van der Waals surface area (Å²) in [7, 11) is -15.9. The van der Waals surface area contributed by atoms with Crippen LogP contribution in [0.2, 0.25) is 0 Å². The van der Waals surface area contributed by atoms with Crippen molar-refractivity contribution in [1.82, 2.24) is 0 Å². The number of ketones is 1. The third-order valence-corrected chi connectivity index (χ3v) is 10.4. The van der Waals surface area contributed by atoms with E-state index in [-0.39, 0.29) is 85.0 Å². The van der Waals surface area contributed by atoms with E-state index in [4.69, 9.17) is 11.5 Å². The first-order valence-corrected chi connectivity index (χ1v) is 20.0. The number of nitrogens with two attached hydrogens (primary N) is 2. The predicted octanol–water partition coefficient (Wildman–Crippen LogP) is -3.79. The standard InChI is InChI=1S/C34H27N9O11S3.3Li/c35-19-6-12-24(26(44)16-19)41-38-22-9-7-20(8-10-22)37-25-13-11-23(17-27(25)55(46,47)48)40-42-32-28(56(49,50)51)14-18-15-29(57(52,53)54)33(34(45)30(18)31(32)36)43-39-21-4-2-1-3-5-21;;;/h1-17,37,39,44H,35-36H2,(H,46,47,48)(H,49,50,51)(H,52,53,54);;;/q;3*+1/p-3/b41-38?,42-40?,43-33+;;;. The van der Waals surface area contributed by atoms with Crippen molar-refractivity contribution < 1.29 is 105 Å². The number of nitrogens with one attached hydrogen (secondary N) is 2. The second-order valence-corrected chi connectivity index (χ2v) is 15.8. The monoisotopic (exact) mass is 851 g/mol. The Balaban J connectivity index is 0.00000320. The molecular formula is C34H24Li3N9O11S3. The minimum atomic E-state index is -5.49. The zero-order chi connectivity index (χ0) is 41.3. The number of Topliss-reactive ketones (excluding diaryl/α,β-unsaturated/α-hetero) is 1. The van der Waals surface area contributed by atoms with Crippen molar-refractivity contribution in [3.8, 4) is 5.75 Å². The van der Waals surface area contributed by atoms with Crippen LogP contribution in [-0.4, -0.2) is 50.4 Å². The van der Waals surface area contributed by atoms with Crippen molar-refractivity contribution in [3.63, 3.8) is 0 Å². The Morgan fingerprint density at radius 1 is 0.667 bits per heavy atom. The van der Waals surface area contributed by atoms with E-state index in [1.165, 1.54) is 60.7 Å². The van der Waals surface area contributed by atoms with Crippen LogP contribution in [0, 0.1) is 0 Å². The van der Waals surface area contributed by atoms with Crippen LogP contribution in [-0.2, 0) is 30.4 Å². The van der Waals surface area contributed by atoms with Crippen molar-refractivity contribution in [1.29, 1.82) is 0 Å². The molecule has 0 radical (unpaired) electrons. The molecule has 0 spiro atoms. The molecular weight excluding hydrogens is 827 g/mol. The summed E-state index contributed by atoms with van der Waals surface area (Å²) in [5, 5.41) is 34.0. The van der Waals surface area contributed by atoms with E-state index in [2.05, 4.69) is 36.3 Å². The van der Waals surface area contributed by atoms with Crippen molar-refractivity contribution in [2.75, 3.05) is 22.2 Å². The maximum atomic E-state index is 13.7. The first kappa shape index (κ1) is 49.3. The number of azo groups is 2. The number of carbonyl (C=O) groups is 1. The van der Waals surface area contributed by atoms with Crippen LogP contribution >= 0.6 is 0 Å². The summed E-state index contributed by atoms with van der Waals surface area (Å²) < 4.78 is 108. The minimum absolute atomic E-state index is 0. The van der Waals surface area contributed by atoms with Crippen LogP contribution in [0.3, 0.4) is 0 Å². The molecule has 0 aromatic heterocycles. The molecule has 0 saturated heterocycles. The number of anilines is 5. The fourth-order valence-electron chi connectivity index (χ4n) is 5.21. The van der Waals surface area contributed by atoms with E-state index in [9.17, 15) is 48.8 Å². The Morgan fingerprint density at radius 2 is 1.28 bits per heavy atom. The molecule has 0 atom stereocenters. The maximum absolute atomic E-state index is 13.7. The van der Waals surface area contributed by atoms with E-state index >= 15 is 0 Å². The van der Waals surface area contributed by atoms with Crippen molar-refractivity contribution in [2.45, 2.75) is 9.79 Å². The van der Waals surface area contributed by atoms with Crippen LogP contribution in [0.15, 0.2) is 137 Å². The summed E-state index contributed by atoms with van der Waals surface area (Å²) in [6, 6.07) is 21.6. The largest absolute Gasteiger partial charge is 1.00 e. The first-order chi connectivity index (χ1) is 26.8. The van der Waals surface area contributed by atoms with Gasteiger partial charge in [-0.3, -0.25) is 14.8 Å². The van der Waals surface area contributed by atoms with Gasteiger partial charge in [-0.25, -0.2) is 16.8 Å². The topological polar surface area (TPSA) is 347 Å². The van der Waals surface area contributed by atoms with Gasteiger partial charge in [-0.05, 0) is 90.5 Å². The van der Waals surface area contributed by atoms with Crippen LogP contribution in [0.1, 0.15) is 15.9 Å². The van der Waals surface area contributed by atoms with Gasteiger partial charge in [0, 0.05) is 11.4 Å². The fraction of sp³-hybridized carbons (Fsp3) is 0. The van der Waals surface area contributed by atoms with E-state index in [0.717, 1.165) is 12.1 Å². The van der Waals surface area contributed by atoms with Gasteiger partial charge in [-0.15, -0.1) is 5.11 Å². The normalized spacial score (nSPS) is 13.5. The Bertz CT molecular complexity index is 2940. The molecule has 5 aromatic rings. The number of benzene rings is 5. The number of nitrogen functional groups attached to an aromatic ring is 2. The molecule has 20 nitrogen and oxygen atoms in total. The van der Waals surface area contributed by atoms with Gasteiger partial charge in [-0.2, -0.15) is 28.9 Å². The Morgan fingerprint density at radius 3 is 1.88 bits per heavy atom. The molecule has 0 unspecified atom stereocenters. The Labute approximate surface area is 378 Å². The molecule has 0 saturated carbocycles. The maximum Gasteiger partial charge on any atom is 1.00 e. The third-order valence-electron chi connectivity index (χ3n) is 7.82. The zero-order valence-electron chi connectivity index (χ0n) is 31.5. The summed E-state index contributed by atoms with van der Waals surface area (Å²) in [5.74, 6) is -1.66. The summed E-state index contributed by atoms with van der Waals surface area (Å²) in [6.07, 6.45) is 0.684. The number of hydrazone groups is 1. The SMILES string of the molecule is Nc1ccc(N=Nc2ccc(Nc3ccc(N=Nc4c(S(=O)(=O)[O-])cc5c(c4N)C(=O)/C(=N/Nc4ccccc4)C(S(=O)(=O)O)=C5)cc3S(=O)(=O)[O-])cc2)c([O-])c1.[Li+].[Li+].[Li+]. The van der Waals surface area contributed by atoms with E-state index in [1.807, 2.05) is 0 Å². The molecule has 1 aliphatic rings. The number of carbonyl (C=O) groups excluding carboxylic acids is 1. The molecule has 60 heavy (non-hydrogen) atoms. The molecule has 1 aliphatic carbocycles. The van der Waals surface area contributed by atoms with Crippen molar-refractivity contribution in [2.24, 2.45) is 25.6 Å². The molecule has 0 heterocycles. The number of fused-ring (bicyclic) bond motifs is 1. The second-order valence-electron chi connectivity index (χ2n) is 11.7. The van der Waals surface area contributed by atoms with Gasteiger partial charge in [0.05, 0.1) is 49.5 Å². The number of allylic oxidation sites excluding steroid dienone is 1. The van der Waals surface area contributed by atoms with Gasteiger partial charge < -0.3 is 31.0 Å². The molecule has 7 N–H and O–H groups in total. The van der Waals surface area contributed by atoms with E-state index < -0.39 is 84.8 Å². The molecule has 0 bridgehead atoms. The minimum Gasteiger partial charge on any atom is -0.871 e. The summed E-state index contributed by atoms with van der Waals surface area (Å²) in [6.45, 7) is 0. The first-order valence-electron chi connectivity index (χ1n) is 15.7. The Hall–Kier alpha value is -5.10. The number of rotatable bonds is 11. The van der Waals surface area contributed by atoms with E-state index in [0.29, 0.717) is 23.5 Å². The molecule has 6 rings (SSSR count). The smallest absolute Gasteiger partial charge is 0.871 e. The van der Waals surface area contributed by atoms with Gasteiger partial charge >= 0.3 is 56.6 Å². The average molecular weight is 852 g/mol. The van der Waals surface area contributed by atoms with Crippen LogP contribution < -0.4 is 83.9 Å². The van der Waals surface area contributed by atoms with Gasteiger partial charge in [0.1, 0.15) is 30.8 Å². The molecule has 5 aromatic carbocycles. The molecule has 0 aliphatic heterocycles. The van der Waals surface area contributed by atoms with Crippen molar-refractivity contribution >= 4 is 99.1 Å². The molecule has 0 fully saturated rings. The van der Waals surface area contributed by atoms with Gasteiger partial charge in [0.15, 0.2) is 5.71 Å². The molecule has 0 amide bonds. The average Bonchev–Trinajstić information content (AvgIpc) is 3.13. The quantitative estimate of drug-likeness (QED) is 0.0280. The molecule has 26 heteroatoms. The number of para-hydroxylation sites is 1. The number of hydrogen-bond donors (Lipinski definition) is 5. The van der Waals surface area contributed by atoms with Crippen LogP contribution in [0.5, 0.6) is 5.75 Å². The van der Waals surface area contributed by atoms with Crippen LogP contribution in [0.25, 0.3) is 6.08 Å². The summed E-state index contributed by atoms with van der Waals surface area (Å²) in [4.78, 5) is 10.6. The Kier molecular flexibility index (Phi) is 16.0. The number of nitrogens with zero attached hydrogens (tertiary/aromatic N) is 5. The molecule has 292 valence electrons. The fourth-order valence-corrected chi connectivity index (χ4v) is 7.18. The van der Waals surface area contributed by atoms with Crippen LogP contribution in [0.4, 0.5) is 51.2 Å². The predicted molar refractivity (Wildman–Crippen MR) is 203 cm³/mol. The van der Waals surface area contributed by atoms with Gasteiger partial charge in [0.2, 0.25) is 5.78 Å². The summed E-state index contributed by atoms with van der Waals surface area (Å²) >= 11 is 0. The zero-order valence-corrected chi connectivity index (χ0v) is 33.9. The van der Waals surface area contributed by atoms with E-state index in [1.54, 1.807) is 18.2 Å². The van der Waals surface area contributed by atoms with Crippen molar-refractivity contribution in [3.05, 3.63) is 113 Å². The number of hydrogen-bond acceptors (Lipinski definition) is 19. The van der Waals surface area contributed by atoms with Gasteiger partial charge in [-0.1, -0.05) is 23.9 Å². The van der Waals surface area contributed by atoms with Gasteiger partial charge in [0.25, 0.3) is 10.1 Å².